The van der Waals surface area contributed by atoms with Gasteiger partial charge in [-0.05, 0) is 49.4 Å². The molecule has 0 radical (unpaired) electrons. The number of nitrogens with zero attached hydrogens (tertiary/aromatic N) is 6. The SMILES string of the molecule is Cc1nnn(C)c1-c1cnc2c3ccc(S(N)(=O)=O)nc3n([C@H](c3ccccc3)C3CCOCC3)c2c1. The van der Waals surface area contributed by atoms with E-state index in [1.165, 1.54) is 6.07 Å². The summed E-state index contributed by atoms with van der Waals surface area (Å²) >= 11 is 0. The molecular weight excluding hydrogens is 490 g/mol. The van der Waals surface area contributed by atoms with Gasteiger partial charge in [0.2, 0.25) is 0 Å². The van der Waals surface area contributed by atoms with Gasteiger partial charge >= 0.3 is 0 Å². The molecule has 0 aliphatic carbocycles. The van der Waals surface area contributed by atoms with Crippen LogP contribution in [0.3, 0.4) is 0 Å². The van der Waals surface area contributed by atoms with E-state index < -0.39 is 10.0 Å². The third-order valence-corrected chi connectivity index (χ3v) is 7.96. The molecule has 2 N–H and O–H groups in total. The van der Waals surface area contributed by atoms with Crippen LogP contribution in [0, 0.1) is 12.8 Å². The minimum absolute atomic E-state index is 0.115. The summed E-state index contributed by atoms with van der Waals surface area (Å²) in [6, 6.07) is 15.4. The lowest BCUT2D eigenvalue weighted by molar-refractivity contribution is 0.0552. The number of aromatic nitrogens is 6. The zero-order valence-electron chi connectivity index (χ0n) is 20.6. The molecule has 37 heavy (non-hydrogen) atoms. The highest BCUT2D eigenvalue weighted by atomic mass is 32.2. The molecule has 1 aromatic carbocycles. The summed E-state index contributed by atoms with van der Waals surface area (Å²) in [6.45, 7) is 3.26. The smallest absolute Gasteiger partial charge is 0.255 e. The van der Waals surface area contributed by atoms with Crippen LogP contribution in [0.1, 0.15) is 30.1 Å². The van der Waals surface area contributed by atoms with Crippen molar-refractivity contribution in [3.05, 3.63) is 66.0 Å². The van der Waals surface area contributed by atoms with Crippen molar-refractivity contribution in [1.29, 1.82) is 0 Å². The summed E-state index contributed by atoms with van der Waals surface area (Å²) in [5, 5.41) is 14.5. The first kappa shape index (κ1) is 23.7. The number of hydrogen-bond acceptors (Lipinski definition) is 7. The monoisotopic (exact) mass is 517 g/mol. The number of hydrogen-bond donors (Lipinski definition) is 1. The van der Waals surface area contributed by atoms with Gasteiger partial charge in [-0.15, -0.1) is 5.10 Å². The van der Waals surface area contributed by atoms with Gasteiger partial charge in [0.25, 0.3) is 10.0 Å². The van der Waals surface area contributed by atoms with E-state index in [4.69, 9.17) is 14.9 Å². The fraction of sp³-hybridized carbons (Fsp3) is 0.308. The molecular formula is C26H27N7O3S. The summed E-state index contributed by atoms with van der Waals surface area (Å²) in [5.74, 6) is 0.249. The van der Waals surface area contributed by atoms with E-state index >= 15 is 0 Å². The van der Waals surface area contributed by atoms with Crippen LogP contribution in [0.25, 0.3) is 33.3 Å². The number of primary sulfonamides is 1. The van der Waals surface area contributed by atoms with Gasteiger partial charge in [0.1, 0.15) is 5.65 Å². The maximum atomic E-state index is 12.3. The molecule has 6 rings (SSSR count). The van der Waals surface area contributed by atoms with Gasteiger partial charge in [0, 0.05) is 37.4 Å². The molecule has 0 unspecified atom stereocenters. The highest BCUT2D eigenvalue weighted by Gasteiger charge is 2.31. The molecule has 0 saturated carbocycles. The minimum atomic E-state index is -4.00. The van der Waals surface area contributed by atoms with Crippen molar-refractivity contribution >= 4 is 32.1 Å². The number of pyridine rings is 2. The van der Waals surface area contributed by atoms with E-state index in [2.05, 4.69) is 38.1 Å². The van der Waals surface area contributed by atoms with Crippen LogP contribution >= 0.6 is 0 Å². The molecule has 1 fully saturated rings. The number of sulfonamides is 1. The third-order valence-electron chi connectivity index (χ3n) is 7.15. The number of rotatable bonds is 5. The Kier molecular flexibility index (Phi) is 5.78. The van der Waals surface area contributed by atoms with Crippen molar-refractivity contribution in [2.24, 2.45) is 18.1 Å². The zero-order valence-corrected chi connectivity index (χ0v) is 21.4. The summed E-state index contributed by atoms with van der Waals surface area (Å²) in [5.41, 5.74) is 5.77. The Morgan fingerprint density at radius 3 is 2.54 bits per heavy atom. The second-order valence-corrected chi connectivity index (χ2v) is 11.0. The van der Waals surface area contributed by atoms with Crippen molar-refractivity contribution in [2.45, 2.75) is 30.8 Å². The Morgan fingerprint density at radius 2 is 1.86 bits per heavy atom. The van der Waals surface area contributed by atoms with E-state index in [0.717, 1.165) is 51.8 Å². The Bertz CT molecular complexity index is 1700. The van der Waals surface area contributed by atoms with E-state index in [0.29, 0.717) is 18.9 Å². The first-order valence-corrected chi connectivity index (χ1v) is 13.7. The summed E-state index contributed by atoms with van der Waals surface area (Å²) in [6.07, 6.45) is 3.54. The maximum absolute atomic E-state index is 12.3. The number of aryl methyl sites for hydroxylation is 2. The number of ether oxygens (including phenoxy) is 1. The minimum Gasteiger partial charge on any atom is -0.381 e. The van der Waals surface area contributed by atoms with Gasteiger partial charge in [-0.2, -0.15) is 0 Å². The Balaban J connectivity index is 1.71. The fourth-order valence-electron chi connectivity index (χ4n) is 5.50. The molecule has 11 heteroatoms. The van der Waals surface area contributed by atoms with Crippen LogP contribution in [-0.4, -0.2) is 51.2 Å². The number of fused-ring (bicyclic) bond motifs is 3. The van der Waals surface area contributed by atoms with Crippen molar-refractivity contribution < 1.29 is 13.2 Å². The third kappa shape index (κ3) is 4.08. The summed E-state index contributed by atoms with van der Waals surface area (Å²) in [7, 11) is -2.15. The molecule has 1 atom stereocenters. The quantitative estimate of drug-likeness (QED) is 0.378. The van der Waals surface area contributed by atoms with Crippen LogP contribution in [0.2, 0.25) is 0 Å². The Labute approximate surface area is 214 Å². The van der Waals surface area contributed by atoms with E-state index in [1.807, 2.05) is 32.2 Å². The largest absolute Gasteiger partial charge is 0.381 e. The van der Waals surface area contributed by atoms with Gasteiger partial charge in [0.05, 0.1) is 28.5 Å². The van der Waals surface area contributed by atoms with Gasteiger partial charge in [-0.1, -0.05) is 35.5 Å². The van der Waals surface area contributed by atoms with E-state index in [1.54, 1.807) is 16.9 Å². The van der Waals surface area contributed by atoms with Crippen LogP contribution in [0.4, 0.5) is 0 Å². The highest BCUT2D eigenvalue weighted by molar-refractivity contribution is 7.89. The molecule has 1 aliphatic heterocycles. The standard InChI is InChI=1S/C26H27N7O3S/c1-16-24(32(2)31-30-16)19-14-21-23(28-15-19)20-8-9-22(37(27,34)35)29-26(20)33(21)25(17-6-4-3-5-7-17)18-10-12-36-13-11-18/h3-9,14-15,18,25H,10-13H2,1-2H3,(H2,27,34,35)/t25-/m1/s1. The van der Waals surface area contributed by atoms with Gasteiger partial charge in [-0.25, -0.2) is 23.2 Å². The summed E-state index contributed by atoms with van der Waals surface area (Å²) in [4.78, 5) is 9.45. The molecule has 5 aromatic rings. The van der Waals surface area contributed by atoms with Crippen molar-refractivity contribution in [3.63, 3.8) is 0 Å². The molecule has 1 aliphatic rings. The first-order chi connectivity index (χ1) is 17.8. The van der Waals surface area contributed by atoms with Crippen molar-refractivity contribution in [1.82, 2.24) is 29.5 Å². The van der Waals surface area contributed by atoms with Crippen LogP contribution in [-0.2, 0) is 21.8 Å². The molecule has 0 amide bonds. The van der Waals surface area contributed by atoms with E-state index in [9.17, 15) is 8.42 Å². The Morgan fingerprint density at radius 1 is 1.11 bits per heavy atom. The van der Waals surface area contributed by atoms with Crippen molar-refractivity contribution in [3.8, 4) is 11.3 Å². The molecule has 4 aromatic heterocycles. The Hall–Kier alpha value is -3.67. The lowest BCUT2D eigenvalue weighted by Gasteiger charge is -2.32. The lowest BCUT2D eigenvalue weighted by Crippen LogP contribution is -2.27. The second-order valence-electron chi connectivity index (χ2n) is 9.48. The van der Waals surface area contributed by atoms with Gasteiger partial charge in [-0.3, -0.25) is 4.98 Å². The predicted octanol–water partition coefficient (Wildman–Crippen LogP) is 3.35. The second kappa shape index (κ2) is 9.02. The highest BCUT2D eigenvalue weighted by Crippen LogP contribution is 2.40. The van der Waals surface area contributed by atoms with Gasteiger partial charge in [0.15, 0.2) is 5.03 Å². The molecule has 190 valence electrons. The van der Waals surface area contributed by atoms with E-state index in [-0.39, 0.29) is 17.0 Å². The summed E-state index contributed by atoms with van der Waals surface area (Å²) < 4.78 is 34.1. The fourth-order valence-corrected chi connectivity index (χ4v) is 5.97. The van der Waals surface area contributed by atoms with Crippen LogP contribution < -0.4 is 5.14 Å². The van der Waals surface area contributed by atoms with Crippen molar-refractivity contribution in [2.75, 3.05) is 13.2 Å². The molecule has 1 saturated heterocycles. The normalized spacial score (nSPS) is 16.0. The zero-order chi connectivity index (χ0) is 25.7. The van der Waals surface area contributed by atoms with Crippen LogP contribution in [0.5, 0.6) is 0 Å². The average Bonchev–Trinajstić information content (AvgIpc) is 3.40. The topological polar surface area (TPSA) is 131 Å². The number of benzene rings is 1. The predicted molar refractivity (Wildman–Crippen MR) is 139 cm³/mol. The molecule has 0 bridgehead atoms. The molecule has 5 heterocycles. The molecule has 0 spiro atoms. The average molecular weight is 518 g/mol. The van der Waals surface area contributed by atoms with Crippen LogP contribution in [0.15, 0.2) is 59.8 Å². The molecule has 10 nitrogen and oxygen atoms in total. The first-order valence-electron chi connectivity index (χ1n) is 12.2. The maximum Gasteiger partial charge on any atom is 0.255 e. The number of nitrogens with two attached hydrogens (primary N) is 1. The van der Waals surface area contributed by atoms with Gasteiger partial charge < -0.3 is 9.30 Å². The lowest BCUT2D eigenvalue weighted by atomic mass is 9.86.